The van der Waals surface area contributed by atoms with E-state index in [1.807, 2.05) is 0 Å². The van der Waals surface area contributed by atoms with Gasteiger partial charge in [0.2, 0.25) is 6.29 Å². The maximum absolute atomic E-state index is 10.6. The van der Waals surface area contributed by atoms with Gasteiger partial charge in [-0.25, -0.2) is 4.79 Å². The standard InChI is InChI=1S/C7H11ClO5/c1-4(11-3)12-5(2)13-7(10)6(8)9/h4-5H,1-3H3. The van der Waals surface area contributed by atoms with E-state index in [0.717, 1.165) is 0 Å². The highest BCUT2D eigenvalue weighted by Crippen LogP contribution is 2.01. The van der Waals surface area contributed by atoms with Gasteiger partial charge in [-0.05, 0) is 25.4 Å². The van der Waals surface area contributed by atoms with E-state index < -0.39 is 23.8 Å². The maximum atomic E-state index is 10.6. The molecule has 5 nitrogen and oxygen atoms in total. The van der Waals surface area contributed by atoms with E-state index in [0.29, 0.717) is 0 Å². The first-order chi connectivity index (χ1) is 5.97. The van der Waals surface area contributed by atoms with Crippen LogP contribution in [0.5, 0.6) is 0 Å². The van der Waals surface area contributed by atoms with Gasteiger partial charge in [0.15, 0.2) is 6.29 Å². The second-order valence-corrected chi connectivity index (χ2v) is 2.53. The molecule has 0 aromatic rings. The van der Waals surface area contributed by atoms with Crippen molar-refractivity contribution in [1.29, 1.82) is 0 Å². The number of hydrogen-bond acceptors (Lipinski definition) is 5. The minimum absolute atomic E-state index is 0.520. The Morgan fingerprint density at radius 1 is 1.23 bits per heavy atom. The third kappa shape index (κ3) is 5.57. The summed E-state index contributed by atoms with van der Waals surface area (Å²) in [5, 5.41) is -1.18. The highest BCUT2D eigenvalue weighted by atomic mass is 35.5. The summed E-state index contributed by atoms with van der Waals surface area (Å²) in [5.74, 6) is -1.14. The number of esters is 1. The molecule has 0 N–H and O–H groups in total. The summed E-state index contributed by atoms with van der Waals surface area (Å²) in [5.41, 5.74) is 0. The molecule has 0 saturated carbocycles. The fourth-order valence-corrected chi connectivity index (χ4v) is 0.595. The molecule has 0 aromatic heterocycles. The van der Waals surface area contributed by atoms with Gasteiger partial charge in [-0.2, -0.15) is 0 Å². The van der Waals surface area contributed by atoms with Crippen molar-refractivity contribution >= 4 is 22.8 Å². The van der Waals surface area contributed by atoms with E-state index in [1.54, 1.807) is 6.92 Å². The summed E-state index contributed by atoms with van der Waals surface area (Å²) in [7, 11) is 1.44. The minimum atomic E-state index is -1.18. The topological polar surface area (TPSA) is 61.8 Å². The minimum Gasteiger partial charge on any atom is -0.429 e. The van der Waals surface area contributed by atoms with Crippen molar-refractivity contribution in [1.82, 2.24) is 0 Å². The number of carbonyl (C=O) groups excluding carboxylic acids is 2. The average molecular weight is 211 g/mol. The lowest BCUT2D eigenvalue weighted by atomic mass is 10.6. The van der Waals surface area contributed by atoms with Crippen molar-refractivity contribution in [3.05, 3.63) is 0 Å². The zero-order chi connectivity index (χ0) is 10.4. The molecule has 0 amide bonds. The molecule has 0 bridgehead atoms. The van der Waals surface area contributed by atoms with Crippen LogP contribution in [0, 0.1) is 0 Å². The van der Waals surface area contributed by atoms with Crippen LogP contribution in [0.25, 0.3) is 0 Å². The van der Waals surface area contributed by atoms with Gasteiger partial charge in [-0.15, -0.1) is 0 Å². The van der Waals surface area contributed by atoms with E-state index in [-0.39, 0.29) is 0 Å². The first-order valence-electron chi connectivity index (χ1n) is 3.56. The van der Waals surface area contributed by atoms with Crippen molar-refractivity contribution in [2.24, 2.45) is 0 Å². The molecule has 76 valence electrons. The van der Waals surface area contributed by atoms with Gasteiger partial charge < -0.3 is 14.2 Å². The highest BCUT2D eigenvalue weighted by molar-refractivity contribution is 6.80. The number of hydrogen-bond donors (Lipinski definition) is 0. The number of halogens is 1. The Kier molecular flexibility index (Phi) is 5.61. The lowest BCUT2D eigenvalue weighted by Gasteiger charge is -2.16. The van der Waals surface area contributed by atoms with Crippen LogP contribution >= 0.6 is 11.6 Å². The summed E-state index contributed by atoms with van der Waals surface area (Å²) in [6, 6.07) is 0. The summed E-state index contributed by atoms with van der Waals surface area (Å²) in [6.07, 6.45) is -1.39. The molecule has 0 aliphatic rings. The predicted octanol–water partition coefficient (Wildman–Crippen LogP) is 0.650. The van der Waals surface area contributed by atoms with Crippen LogP contribution in [0.15, 0.2) is 0 Å². The Morgan fingerprint density at radius 3 is 2.15 bits per heavy atom. The van der Waals surface area contributed by atoms with Crippen molar-refractivity contribution in [2.45, 2.75) is 26.4 Å². The van der Waals surface area contributed by atoms with Crippen molar-refractivity contribution in [3.8, 4) is 0 Å². The first kappa shape index (κ1) is 12.3. The van der Waals surface area contributed by atoms with Crippen molar-refractivity contribution in [2.75, 3.05) is 7.11 Å². The van der Waals surface area contributed by atoms with Gasteiger partial charge in [0.05, 0.1) is 0 Å². The average Bonchev–Trinajstić information content (AvgIpc) is 2.03. The number of carbonyl (C=O) groups is 2. The van der Waals surface area contributed by atoms with E-state index in [1.165, 1.54) is 14.0 Å². The lowest BCUT2D eigenvalue weighted by Crippen LogP contribution is -2.26. The number of rotatable bonds is 5. The summed E-state index contributed by atoms with van der Waals surface area (Å²) < 4.78 is 14.1. The van der Waals surface area contributed by atoms with Crippen LogP contribution in [0.2, 0.25) is 0 Å². The quantitative estimate of drug-likeness (QED) is 0.289. The Balaban J connectivity index is 3.80. The molecule has 0 fully saturated rings. The normalized spacial score (nSPS) is 14.8. The van der Waals surface area contributed by atoms with E-state index >= 15 is 0 Å². The molecule has 0 aliphatic heterocycles. The number of ether oxygens (including phenoxy) is 3. The lowest BCUT2D eigenvalue weighted by molar-refractivity contribution is -0.221. The molecule has 0 heterocycles. The second-order valence-electron chi connectivity index (χ2n) is 2.19. The Hall–Kier alpha value is -0.650. The SMILES string of the molecule is COC(C)OC(C)OC(=O)C(=O)Cl. The van der Waals surface area contributed by atoms with Gasteiger partial charge in [0.25, 0.3) is 0 Å². The van der Waals surface area contributed by atoms with Crippen molar-refractivity contribution < 1.29 is 23.8 Å². The number of methoxy groups -OCH3 is 1. The monoisotopic (exact) mass is 210 g/mol. The van der Waals surface area contributed by atoms with Crippen LogP contribution in [0.1, 0.15) is 13.8 Å². The third-order valence-corrected chi connectivity index (χ3v) is 1.30. The van der Waals surface area contributed by atoms with Gasteiger partial charge >= 0.3 is 11.2 Å². The first-order valence-corrected chi connectivity index (χ1v) is 3.94. The van der Waals surface area contributed by atoms with Gasteiger partial charge in [-0.1, -0.05) is 0 Å². The van der Waals surface area contributed by atoms with Crippen LogP contribution in [-0.4, -0.2) is 30.9 Å². The maximum Gasteiger partial charge on any atom is 0.393 e. The molecule has 2 atom stereocenters. The van der Waals surface area contributed by atoms with E-state index in [9.17, 15) is 9.59 Å². The van der Waals surface area contributed by atoms with E-state index in [4.69, 9.17) is 21.1 Å². The molecule has 0 saturated heterocycles. The molecule has 0 rings (SSSR count). The van der Waals surface area contributed by atoms with Crippen molar-refractivity contribution in [3.63, 3.8) is 0 Å². The molecule has 0 aliphatic carbocycles. The zero-order valence-electron chi connectivity index (χ0n) is 7.57. The predicted molar refractivity (Wildman–Crippen MR) is 44.0 cm³/mol. The van der Waals surface area contributed by atoms with Gasteiger partial charge in [0, 0.05) is 7.11 Å². The Morgan fingerprint density at radius 2 is 1.77 bits per heavy atom. The molecule has 6 heteroatoms. The smallest absolute Gasteiger partial charge is 0.393 e. The Bertz CT molecular complexity index is 193. The second kappa shape index (κ2) is 5.90. The molecule has 13 heavy (non-hydrogen) atoms. The van der Waals surface area contributed by atoms with Crippen LogP contribution in [-0.2, 0) is 23.8 Å². The molecule has 2 unspecified atom stereocenters. The molecular weight excluding hydrogens is 200 g/mol. The fourth-order valence-electron chi connectivity index (χ4n) is 0.550. The molecular formula is C7H11ClO5. The van der Waals surface area contributed by atoms with E-state index in [2.05, 4.69) is 4.74 Å². The summed E-state index contributed by atoms with van der Waals surface area (Å²) in [4.78, 5) is 20.8. The highest BCUT2D eigenvalue weighted by Gasteiger charge is 2.17. The molecule has 0 radical (unpaired) electrons. The Labute approximate surface area is 80.9 Å². The van der Waals surface area contributed by atoms with Gasteiger partial charge in [0.1, 0.15) is 0 Å². The molecule has 0 aromatic carbocycles. The third-order valence-electron chi connectivity index (χ3n) is 1.15. The van der Waals surface area contributed by atoms with Gasteiger partial charge in [-0.3, -0.25) is 4.79 Å². The largest absolute Gasteiger partial charge is 0.429 e. The zero-order valence-corrected chi connectivity index (χ0v) is 8.33. The van der Waals surface area contributed by atoms with Crippen LogP contribution in [0.4, 0.5) is 0 Å². The van der Waals surface area contributed by atoms with Crippen LogP contribution < -0.4 is 0 Å². The fraction of sp³-hybridized carbons (Fsp3) is 0.714. The van der Waals surface area contributed by atoms with Crippen LogP contribution in [0.3, 0.4) is 0 Å². The summed E-state index contributed by atoms with van der Waals surface area (Å²) >= 11 is 4.84. The summed E-state index contributed by atoms with van der Waals surface area (Å²) in [6.45, 7) is 3.07. The molecule has 0 spiro atoms.